The molecule has 3 heteroatoms. The van der Waals surface area contributed by atoms with Crippen LogP contribution in [0.15, 0.2) is 22.7 Å². The average Bonchev–Trinajstić information content (AvgIpc) is 2.48. The molecule has 1 nitrogen and oxygen atoms in total. The molecule has 1 aromatic carbocycles. The molecule has 0 amide bonds. The quantitative estimate of drug-likeness (QED) is 0.800. The van der Waals surface area contributed by atoms with Crippen LogP contribution in [0.25, 0.3) is 0 Å². The van der Waals surface area contributed by atoms with Crippen molar-refractivity contribution in [1.82, 2.24) is 5.32 Å². The molecule has 1 fully saturated rings. The minimum atomic E-state index is -0.182. The summed E-state index contributed by atoms with van der Waals surface area (Å²) in [7, 11) is 2.05. The second-order valence-electron chi connectivity index (χ2n) is 6.05. The van der Waals surface area contributed by atoms with Crippen LogP contribution in [-0.2, 0) is 6.42 Å². The summed E-state index contributed by atoms with van der Waals surface area (Å²) in [6.45, 7) is 2.30. The highest BCUT2D eigenvalue weighted by Crippen LogP contribution is 2.34. The van der Waals surface area contributed by atoms with Crippen molar-refractivity contribution < 1.29 is 4.39 Å². The molecule has 112 valence electrons. The fraction of sp³-hybridized carbons (Fsp3) is 0.647. The van der Waals surface area contributed by atoms with E-state index in [1.165, 1.54) is 37.7 Å². The zero-order valence-corrected chi connectivity index (χ0v) is 14.0. The van der Waals surface area contributed by atoms with E-state index in [0.717, 1.165) is 18.3 Å². The minimum absolute atomic E-state index is 0.182. The summed E-state index contributed by atoms with van der Waals surface area (Å²) in [6, 6.07) is 5.88. The summed E-state index contributed by atoms with van der Waals surface area (Å²) in [5, 5.41) is 3.49. The van der Waals surface area contributed by atoms with Crippen LogP contribution in [0.5, 0.6) is 0 Å². The first-order valence-corrected chi connectivity index (χ1v) is 8.54. The third-order valence-corrected chi connectivity index (χ3v) is 5.39. The Bertz CT molecular complexity index is 435. The third-order valence-electron chi connectivity index (χ3n) is 4.78. The number of hydrogen-bond donors (Lipinski definition) is 1. The first-order valence-electron chi connectivity index (χ1n) is 7.75. The molecule has 0 bridgehead atoms. The van der Waals surface area contributed by atoms with Gasteiger partial charge in [0.2, 0.25) is 0 Å². The Labute approximate surface area is 130 Å². The molecule has 0 heterocycles. The summed E-state index contributed by atoms with van der Waals surface area (Å²) in [5.41, 5.74) is 1.20. The van der Waals surface area contributed by atoms with Crippen LogP contribution in [0.1, 0.15) is 44.6 Å². The Hall–Kier alpha value is -0.410. The number of benzene rings is 1. The largest absolute Gasteiger partial charge is 0.316 e. The van der Waals surface area contributed by atoms with Crippen LogP contribution in [0.2, 0.25) is 0 Å². The maximum atomic E-state index is 13.3. The maximum Gasteiger partial charge on any atom is 0.137 e. The van der Waals surface area contributed by atoms with Gasteiger partial charge in [-0.25, -0.2) is 4.39 Å². The van der Waals surface area contributed by atoms with E-state index in [1.807, 2.05) is 12.1 Å². The van der Waals surface area contributed by atoms with Crippen LogP contribution >= 0.6 is 15.9 Å². The van der Waals surface area contributed by atoms with Crippen molar-refractivity contribution in [2.24, 2.45) is 11.8 Å². The molecule has 20 heavy (non-hydrogen) atoms. The fourth-order valence-corrected chi connectivity index (χ4v) is 3.92. The highest BCUT2D eigenvalue weighted by molar-refractivity contribution is 9.10. The van der Waals surface area contributed by atoms with E-state index in [1.54, 1.807) is 6.07 Å². The number of hydrogen-bond acceptors (Lipinski definition) is 1. The van der Waals surface area contributed by atoms with Crippen LogP contribution < -0.4 is 5.32 Å². The van der Waals surface area contributed by atoms with Crippen molar-refractivity contribution in [2.75, 3.05) is 7.05 Å². The lowest BCUT2D eigenvalue weighted by Crippen LogP contribution is -2.38. The Balaban J connectivity index is 2.02. The van der Waals surface area contributed by atoms with E-state index < -0.39 is 0 Å². The van der Waals surface area contributed by atoms with Gasteiger partial charge in [-0.05, 0) is 71.8 Å². The van der Waals surface area contributed by atoms with Crippen molar-refractivity contribution in [3.63, 3.8) is 0 Å². The zero-order chi connectivity index (χ0) is 14.5. The molecular formula is C17H25BrFN. The summed E-state index contributed by atoms with van der Waals surface area (Å²) >= 11 is 3.28. The van der Waals surface area contributed by atoms with Crippen molar-refractivity contribution in [1.29, 1.82) is 0 Å². The molecule has 3 unspecified atom stereocenters. The second kappa shape index (κ2) is 7.56. The van der Waals surface area contributed by atoms with Gasteiger partial charge in [-0.15, -0.1) is 0 Å². The van der Waals surface area contributed by atoms with E-state index in [4.69, 9.17) is 0 Å². The lowest BCUT2D eigenvalue weighted by molar-refractivity contribution is 0.212. The minimum Gasteiger partial charge on any atom is -0.316 e. The van der Waals surface area contributed by atoms with E-state index in [9.17, 15) is 4.39 Å². The molecule has 1 aliphatic carbocycles. The maximum absolute atomic E-state index is 13.3. The smallest absolute Gasteiger partial charge is 0.137 e. The van der Waals surface area contributed by atoms with Crippen molar-refractivity contribution in [2.45, 2.75) is 51.5 Å². The molecule has 0 radical (unpaired) electrons. The number of rotatable bonds is 5. The Morgan fingerprint density at radius 3 is 2.85 bits per heavy atom. The van der Waals surface area contributed by atoms with Gasteiger partial charge < -0.3 is 5.32 Å². The van der Waals surface area contributed by atoms with Gasteiger partial charge in [-0.3, -0.25) is 0 Å². The van der Waals surface area contributed by atoms with E-state index >= 15 is 0 Å². The molecule has 1 saturated carbocycles. The molecule has 3 atom stereocenters. The monoisotopic (exact) mass is 341 g/mol. The van der Waals surface area contributed by atoms with Crippen LogP contribution in [0.3, 0.4) is 0 Å². The van der Waals surface area contributed by atoms with E-state index in [0.29, 0.717) is 10.5 Å². The Morgan fingerprint density at radius 1 is 1.40 bits per heavy atom. The van der Waals surface area contributed by atoms with Gasteiger partial charge in [0.05, 0.1) is 4.47 Å². The highest BCUT2D eigenvalue weighted by Gasteiger charge is 2.27. The average molecular weight is 342 g/mol. The van der Waals surface area contributed by atoms with Gasteiger partial charge in [-0.2, -0.15) is 0 Å². The normalized spacial score (nSPS) is 24.6. The summed E-state index contributed by atoms with van der Waals surface area (Å²) < 4.78 is 13.9. The van der Waals surface area contributed by atoms with Crippen molar-refractivity contribution in [3.8, 4) is 0 Å². The lowest BCUT2D eigenvalue weighted by Gasteiger charge is -2.34. The Morgan fingerprint density at radius 2 is 2.20 bits per heavy atom. The zero-order valence-electron chi connectivity index (χ0n) is 12.5. The summed E-state index contributed by atoms with van der Waals surface area (Å²) in [4.78, 5) is 0. The fourth-order valence-electron chi connectivity index (χ4n) is 3.49. The van der Waals surface area contributed by atoms with Crippen LogP contribution in [0, 0.1) is 17.7 Å². The lowest BCUT2D eigenvalue weighted by atomic mass is 9.75. The molecule has 1 aliphatic rings. The highest BCUT2D eigenvalue weighted by atomic mass is 79.9. The predicted octanol–water partition coefficient (Wildman–Crippen LogP) is 4.94. The molecule has 0 saturated heterocycles. The first kappa shape index (κ1) is 16.0. The molecule has 0 spiro atoms. The van der Waals surface area contributed by atoms with Gasteiger partial charge in [0.25, 0.3) is 0 Å². The molecule has 2 rings (SSSR count). The molecule has 1 N–H and O–H groups in total. The molecular weight excluding hydrogens is 317 g/mol. The molecule has 0 aliphatic heterocycles. The van der Waals surface area contributed by atoms with E-state index in [-0.39, 0.29) is 5.82 Å². The van der Waals surface area contributed by atoms with Crippen molar-refractivity contribution in [3.05, 3.63) is 34.1 Å². The summed E-state index contributed by atoms with van der Waals surface area (Å²) in [6.07, 6.45) is 7.69. The van der Waals surface area contributed by atoms with Gasteiger partial charge in [-0.1, -0.05) is 32.3 Å². The van der Waals surface area contributed by atoms with Gasteiger partial charge in [0, 0.05) is 6.04 Å². The number of likely N-dealkylation sites (N-methyl/N-ethyl adjacent to an activating group) is 1. The SMILES string of the molecule is CCC1CCCC(C(Cc2ccc(F)c(Br)c2)NC)C1. The van der Waals surface area contributed by atoms with Crippen LogP contribution in [0.4, 0.5) is 4.39 Å². The van der Waals surface area contributed by atoms with Crippen molar-refractivity contribution >= 4 is 15.9 Å². The standard InChI is InChI=1S/C17H25BrFN/c1-3-12-5-4-6-14(9-12)17(20-2)11-13-7-8-16(19)15(18)10-13/h7-8,10,12,14,17,20H,3-6,9,11H2,1-2H3. The summed E-state index contributed by atoms with van der Waals surface area (Å²) in [5.74, 6) is 1.46. The molecule has 0 aromatic heterocycles. The third kappa shape index (κ3) is 4.05. The number of nitrogens with one attached hydrogen (secondary N) is 1. The van der Waals surface area contributed by atoms with Gasteiger partial charge in [0.15, 0.2) is 0 Å². The topological polar surface area (TPSA) is 12.0 Å². The Kier molecular flexibility index (Phi) is 6.03. The number of halogens is 2. The van der Waals surface area contributed by atoms with E-state index in [2.05, 4.69) is 35.2 Å². The van der Waals surface area contributed by atoms with Gasteiger partial charge >= 0.3 is 0 Å². The van der Waals surface area contributed by atoms with Crippen LogP contribution in [-0.4, -0.2) is 13.1 Å². The second-order valence-corrected chi connectivity index (χ2v) is 6.90. The molecule has 1 aromatic rings. The first-order chi connectivity index (χ1) is 9.63. The predicted molar refractivity (Wildman–Crippen MR) is 86.4 cm³/mol. The van der Waals surface area contributed by atoms with Gasteiger partial charge in [0.1, 0.15) is 5.82 Å².